The van der Waals surface area contributed by atoms with Gasteiger partial charge < -0.3 is 88.7 Å². The van der Waals surface area contributed by atoms with Gasteiger partial charge in [0.25, 0.3) is 0 Å². The van der Waals surface area contributed by atoms with Crippen molar-refractivity contribution in [3.63, 3.8) is 0 Å². The highest BCUT2D eigenvalue weighted by molar-refractivity contribution is 7.47. The number of hydrogen-bond donors (Lipinski definition) is 10. The second-order valence-corrected chi connectivity index (χ2v) is 35.3. The summed E-state index contributed by atoms with van der Waals surface area (Å²) in [5.41, 5.74) is 0. The highest BCUT2D eigenvalue weighted by Gasteiger charge is 2.60. The zero-order chi connectivity index (χ0) is 86.1. The van der Waals surface area contributed by atoms with E-state index in [4.69, 9.17) is 46.9 Å². The van der Waals surface area contributed by atoms with Crippen molar-refractivity contribution in [2.75, 3.05) is 26.4 Å². The predicted octanol–water partition coefficient (Wildman–Crippen LogP) is 17.7. The summed E-state index contributed by atoms with van der Waals surface area (Å²) >= 11 is 0. The summed E-state index contributed by atoms with van der Waals surface area (Å²) < 4.78 is 73.4. The first kappa shape index (κ1) is 109. The van der Waals surface area contributed by atoms with Crippen LogP contribution in [0, 0.1) is 0 Å². The fourth-order valence-corrected chi connectivity index (χ4v) is 16.6. The second-order valence-electron chi connectivity index (χ2n) is 33.9. The van der Waals surface area contributed by atoms with Gasteiger partial charge in [0.2, 0.25) is 0 Å². The average Bonchev–Trinajstić information content (AvgIpc) is 0.723. The van der Waals surface area contributed by atoms with Crippen LogP contribution >= 0.6 is 7.82 Å². The average molecular weight is 1710 g/mol. The van der Waals surface area contributed by atoms with Gasteiger partial charge in [-0.25, -0.2) is 4.57 Å². The van der Waals surface area contributed by atoms with Gasteiger partial charge in [-0.05, 0) is 77.0 Å². The lowest BCUT2D eigenvalue weighted by atomic mass is 9.84. The van der Waals surface area contributed by atoms with Gasteiger partial charge >= 0.3 is 31.7 Å². The van der Waals surface area contributed by atoms with E-state index in [9.17, 15) is 74.6 Å². The first-order valence-corrected chi connectivity index (χ1v) is 49.1. The third-order valence-corrected chi connectivity index (χ3v) is 24.2. The molecule has 0 amide bonds. The molecule has 1 saturated carbocycles. The van der Waals surface area contributed by atoms with Gasteiger partial charge in [0, 0.05) is 25.7 Å². The zero-order valence-electron chi connectivity index (χ0n) is 73.7. The summed E-state index contributed by atoms with van der Waals surface area (Å²) in [6.07, 6.45) is 31.7. The molecule has 3 rings (SSSR count). The van der Waals surface area contributed by atoms with E-state index >= 15 is 0 Å². The van der Waals surface area contributed by atoms with Gasteiger partial charge in [0.1, 0.15) is 92.6 Å². The number of aliphatic hydroxyl groups excluding tert-OH is 9. The van der Waals surface area contributed by atoms with Crippen molar-refractivity contribution >= 4 is 31.7 Å². The number of rotatable bonds is 77. The number of esters is 4. The van der Waals surface area contributed by atoms with E-state index < -0.39 is 162 Å². The minimum atomic E-state index is -5.81. The minimum Gasteiger partial charge on any atom is -0.463 e. The van der Waals surface area contributed by atoms with E-state index in [0.717, 1.165) is 141 Å². The van der Waals surface area contributed by atoms with E-state index in [2.05, 4.69) is 52.0 Å². The zero-order valence-corrected chi connectivity index (χ0v) is 74.6. The molecule has 2 saturated heterocycles. The van der Waals surface area contributed by atoms with Crippen LogP contribution < -0.4 is 0 Å². The lowest BCUT2D eigenvalue weighted by Gasteiger charge is -2.50. The summed E-state index contributed by atoms with van der Waals surface area (Å²) in [5, 5.41) is 102. The first-order valence-electron chi connectivity index (χ1n) is 47.6. The second kappa shape index (κ2) is 71.1. The maximum atomic E-state index is 14.9. The largest absolute Gasteiger partial charge is 0.472 e. The highest BCUT2D eigenvalue weighted by Crippen LogP contribution is 2.49. The van der Waals surface area contributed by atoms with Gasteiger partial charge in [-0.15, -0.1) is 0 Å². The third kappa shape index (κ3) is 50.8. The van der Waals surface area contributed by atoms with E-state index in [1.165, 1.54) is 173 Å². The van der Waals surface area contributed by atoms with Crippen molar-refractivity contribution in [2.24, 2.45) is 0 Å². The Morgan fingerprint density at radius 3 is 1.03 bits per heavy atom. The highest BCUT2D eigenvalue weighted by atomic mass is 31.2. The molecule has 0 aromatic rings. The van der Waals surface area contributed by atoms with Crippen LogP contribution in [-0.4, -0.2) is 205 Å². The first-order chi connectivity index (χ1) is 57.2. The maximum absolute atomic E-state index is 14.9. The van der Waals surface area contributed by atoms with Crippen molar-refractivity contribution in [1.82, 2.24) is 0 Å². The molecule has 26 heteroatoms. The Morgan fingerprint density at radius 1 is 0.331 bits per heavy atom. The number of allylic oxidation sites excluding steroid dienone is 4. The molecule has 1 aliphatic carbocycles. The molecule has 0 spiro atoms. The van der Waals surface area contributed by atoms with Gasteiger partial charge in [-0.2, -0.15) is 0 Å². The van der Waals surface area contributed by atoms with E-state index in [1.807, 2.05) is 0 Å². The summed E-state index contributed by atoms with van der Waals surface area (Å²) in [7, 11) is -5.81. The van der Waals surface area contributed by atoms with Crippen LogP contribution in [0.5, 0.6) is 0 Å². The van der Waals surface area contributed by atoms with Gasteiger partial charge in [-0.3, -0.25) is 28.2 Å². The SMILES string of the molecule is CCCCCC/C=C\CCCCCCCCCC(=O)OCC1OC(OC2C(OC(=O)CCCCC/C=C\CCCCCCCC)C(O)C(O)C(OC3OC(CO)C(O)C(O)C3O)C2OP(=O)(O)OCC(COC(=O)CCCCCCCCCCCCCCCCCC)OC(=O)CCCCCCCCCCCCCCCCC)C(O)C(O)C1O. The van der Waals surface area contributed by atoms with Gasteiger partial charge in [0.05, 0.1) is 13.2 Å². The van der Waals surface area contributed by atoms with Gasteiger partial charge in [0.15, 0.2) is 24.8 Å². The standard InChI is InChI=1S/C92H169O25P/c1-5-9-13-17-21-25-29-33-36-39-42-44-48-52-56-60-64-75(94)108-69-72(111-77(96)66-62-58-54-50-47-43-38-35-31-27-23-19-15-11-7-3)70-110-118(106,107)117-90-88(115-91-85(104)81(100)79(98)73(68-93)112-91)84(103)83(102)87(114-78(97)67-63-59-55-51-46-40-32-28-24-20-16-12-8-4)89(90)116-92-86(105)82(101)80(99)74(113-92)71-109-76(95)65-61-57-53-49-45-41-37-34-30-26-22-18-14-10-6-2/h26,30,40,46,72-74,79-93,98-105H,5-25,27-29,31-39,41-45,47-71H2,1-4H3,(H,106,107)/b30-26-,46-40-. The van der Waals surface area contributed by atoms with Crippen molar-refractivity contribution < 1.29 is 122 Å². The number of aliphatic hydroxyl groups is 9. The molecule has 0 aromatic heterocycles. The van der Waals surface area contributed by atoms with Crippen LogP contribution in [0.1, 0.15) is 407 Å². The number of phosphoric ester groups is 1. The molecule has 2 aliphatic heterocycles. The number of phosphoric acid groups is 1. The van der Waals surface area contributed by atoms with Crippen LogP contribution in [-0.2, 0) is 70.7 Å². The smallest absolute Gasteiger partial charge is 0.463 e. The molecular weight excluding hydrogens is 1540 g/mol. The molecule has 18 atom stereocenters. The fraction of sp³-hybridized carbons (Fsp3) is 0.913. The van der Waals surface area contributed by atoms with Crippen LogP contribution in [0.2, 0.25) is 0 Å². The Morgan fingerprint density at radius 2 is 0.636 bits per heavy atom. The Labute approximate surface area is 711 Å². The molecule has 25 nitrogen and oxygen atoms in total. The van der Waals surface area contributed by atoms with Crippen LogP contribution in [0.25, 0.3) is 0 Å². The molecule has 118 heavy (non-hydrogen) atoms. The number of ether oxygens (including phenoxy) is 8. The lowest BCUT2D eigenvalue weighted by Crippen LogP contribution is -2.70. The molecule has 18 unspecified atom stereocenters. The Bertz CT molecular complexity index is 2550. The summed E-state index contributed by atoms with van der Waals surface area (Å²) in [6, 6.07) is 0. The number of carbonyl (C=O) groups excluding carboxylic acids is 4. The van der Waals surface area contributed by atoms with Crippen molar-refractivity contribution in [1.29, 1.82) is 0 Å². The summed E-state index contributed by atoms with van der Waals surface area (Å²) in [5.74, 6) is -2.98. The molecular formula is C92H169O25P. The summed E-state index contributed by atoms with van der Waals surface area (Å²) in [6.45, 7) is 5.59. The number of carbonyl (C=O) groups is 4. The molecule has 692 valence electrons. The molecule has 2 heterocycles. The van der Waals surface area contributed by atoms with E-state index in [-0.39, 0.29) is 32.1 Å². The van der Waals surface area contributed by atoms with Crippen molar-refractivity contribution in [2.45, 2.75) is 511 Å². The quantitative estimate of drug-likeness (QED) is 0.00889. The molecule has 0 radical (unpaired) electrons. The molecule has 0 aromatic carbocycles. The Hall–Kier alpha value is -3.05. The van der Waals surface area contributed by atoms with Crippen LogP contribution in [0.15, 0.2) is 24.3 Å². The Balaban J connectivity index is 1.91. The Kier molecular flexibility index (Phi) is 65.8. The minimum absolute atomic E-state index is 0.00824. The predicted molar refractivity (Wildman–Crippen MR) is 458 cm³/mol. The fourth-order valence-electron chi connectivity index (χ4n) is 15.6. The van der Waals surface area contributed by atoms with E-state index in [1.54, 1.807) is 0 Å². The number of unbranched alkanes of at least 4 members (excludes halogenated alkanes) is 49. The van der Waals surface area contributed by atoms with E-state index in [0.29, 0.717) is 32.1 Å². The summed E-state index contributed by atoms with van der Waals surface area (Å²) in [4.78, 5) is 66.5. The monoisotopic (exact) mass is 1710 g/mol. The molecule has 10 N–H and O–H groups in total. The molecule has 3 fully saturated rings. The normalized spacial score (nSPS) is 25.0. The number of hydrogen-bond acceptors (Lipinski definition) is 24. The molecule has 3 aliphatic rings. The lowest BCUT2D eigenvalue weighted by molar-refractivity contribution is -0.360. The third-order valence-electron chi connectivity index (χ3n) is 23.2. The van der Waals surface area contributed by atoms with Crippen molar-refractivity contribution in [3.8, 4) is 0 Å². The topological polar surface area (TPSA) is 380 Å². The van der Waals surface area contributed by atoms with Crippen molar-refractivity contribution in [3.05, 3.63) is 24.3 Å². The van der Waals surface area contributed by atoms with Crippen LogP contribution in [0.4, 0.5) is 0 Å². The maximum Gasteiger partial charge on any atom is 0.472 e. The molecule has 0 bridgehead atoms. The van der Waals surface area contributed by atoms with Crippen LogP contribution in [0.3, 0.4) is 0 Å². The van der Waals surface area contributed by atoms with Gasteiger partial charge in [-0.1, -0.05) is 328 Å².